The van der Waals surface area contributed by atoms with Crippen molar-refractivity contribution in [2.75, 3.05) is 33.3 Å². The highest BCUT2D eigenvalue weighted by atomic mass is 19.2. The largest absolute Gasteiger partial charge is 0.374 e. The molecule has 1 aliphatic rings. The highest BCUT2D eigenvalue weighted by Crippen LogP contribution is 2.17. The minimum absolute atomic E-state index is 0.203. The van der Waals surface area contributed by atoms with Gasteiger partial charge < -0.3 is 15.0 Å². The van der Waals surface area contributed by atoms with Crippen molar-refractivity contribution in [2.24, 2.45) is 0 Å². The van der Waals surface area contributed by atoms with Crippen molar-refractivity contribution in [3.05, 3.63) is 35.1 Å². The lowest BCUT2D eigenvalue weighted by atomic mass is 10.1. The topological polar surface area (TPSA) is 41.6 Å². The van der Waals surface area contributed by atoms with E-state index < -0.39 is 28.9 Å². The van der Waals surface area contributed by atoms with Gasteiger partial charge in [0.2, 0.25) is 0 Å². The van der Waals surface area contributed by atoms with E-state index in [2.05, 4.69) is 5.32 Å². The lowest BCUT2D eigenvalue weighted by Gasteiger charge is -2.28. The van der Waals surface area contributed by atoms with E-state index >= 15 is 0 Å². The minimum Gasteiger partial charge on any atom is -0.374 e. The number of amides is 1. The molecule has 1 atom stereocenters. The van der Waals surface area contributed by atoms with Gasteiger partial charge in [0, 0.05) is 26.7 Å². The van der Waals surface area contributed by atoms with Crippen LogP contribution < -0.4 is 5.32 Å². The van der Waals surface area contributed by atoms with E-state index in [1.807, 2.05) is 0 Å². The molecular weight excluding hydrogens is 273 g/mol. The molecule has 1 fully saturated rings. The van der Waals surface area contributed by atoms with Crippen molar-refractivity contribution in [2.45, 2.75) is 6.10 Å². The molecule has 0 spiro atoms. The van der Waals surface area contributed by atoms with Crippen LogP contribution >= 0.6 is 0 Å². The Morgan fingerprint density at radius 2 is 2.15 bits per heavy atom. The van der Waals surface area contributed by atoms with Crippen molar-refractivity contribution in [1.82, 2.24) is 10.2 Å². The number of rotatable bonds is 3. The fraction of sp³-hybridized carbons (Fsp3) is 0.462. The molecular formula is C13H15F3N2O2. The van der Waals surface area contributed by atoms with Crippen molar-refractivity contribution in [3.63, 3.8) is 0 Å². The lowest BCUT2D eigenvalue weighted by Crippen LogP contribution is -2.45. The summed E-state index contributed by atoms with van der Waals surface area (Å²) in [5.74, 6) is -5.14. The standard InChI is InChI=1S/C13H15F3N2O2/c1-18(7-8-6-17-4-5-20-8)13(19)9-2-3-10(14)12(16)11(9)15/h2-3,8,17H,4-7H2,1H3. The average molecular weight is 288 g/mol. The molecule has 0 saturated carbocycles. The number of nitrogens with zero attached hydrogens (tertiary/aromatic N) is 1. The molecule has 20 heavy (non-hydrogen) atoms. The van der Waals surface area contributed by atoms with Gasteiger partial charge >= 0.3 is 0 Å². The van der Waals surface area contributed by atoms with Gasteiger partial charge in [-0.25, -0.2) is 13.2 Å². The molecule has 1 unspecified atom stereocenters. The van der Waals surface area contributed by atoms with E-state index in [9.17, 15) is 18.0 Å². The van der Waals surface area contributed by atoms with Gasteiger partial charge in [-0.1, -0.05) is 0 Å². The summed E-state index contributed by atoms with van der Waals surface area (Å²) < 4.78 is 44.9. The quantitative estimate of drug-likeness (QED) is 0.849. The van der Waals surface area contributed by atoms with Crippen molar-refractivity contribution < 1.29 is 22.7 Å². The molecule has 1 aliphatic heterocycles. The SMILES string of the molecule is CN(CC1CNCCO1)C(=O)c1ccc(F)c(F)c1F. The number of nitrogens with one attached hydrogen (secondary N) is 1. The van der Waals surface area contributed by atoms with Crippen LogP contribution in [0.2, 0.25) is 0 Å². The van der Waals surface area contributed by atoms with Crippen LogP contribution in [0.25, 0.3) is 0 Å². The maximum Gasteiger partial charge on any atom is 0.256 e. The number of carbonyl (C=O) groups excluding carboxylic acids is 1. The zero-order valence-corrected chi connectivity index (χ0v) is 11.0. The Bertz CT molecular complexity index is 505. The predicted molar refractivity (Wildman–Crippen MR) is 65.9 cm³/mol. The summed E-state index contributed by atoms with van der Waals surface area (Å²) >= 11 is 0. The molecule has 1 amide bonds. The Hall–Kier alpha value is -1.60. The molecule has 110 valence electrons. The van der Waals surface area contributed by atoms with Crippen LogP contribution in [-0.2, 0) is 4.74 Å². The second kappa shape index (κ2) is 6.23. The van der Waals surface area contributed by atoms with Crippen molar-refractivity contribution in [3.8, 4) is 0 Å². The predicted octanol–water partition coefficient (Wildman–Crippen LogP) is 1.16. The third-order valence-electron chi connectivity index (χ3n) is 3.09. The lowest BCUT2D eigenvalue weighted by molar-refractivity contribution is 0.0102. The van der Waals surface area contributed by atoms with E-state index in [1.54, 1.807) is 0 Å². The molecule has 7 heteroatoms. The number of ether oxygens (including phenoxy) is 1. The van der Waals surface area contributed by atoms with E-state index in [0.29, 0.717) is 13.2 Å². The summed E-state index contributed by atoms with van der Waals surface area (Å²) in [5, 5.41) is 3.10. The molecule has 1 N–H and O–H groups in total. The van der Waals surface area contributed by atoms with E-state index in [1.165, 1.54) is 11.9 Å². The molecule has 1 heterocycles. The molecule has 1 aromatic carbocycles. The van der Waals surface area contributed by atoms with Gasteiger partial charge in [0.05, 0.1) is 18.3 Å². The highest BCUT2D eigenvalue weighted by Gasteiger charge is 2.24. The van der Waals surface area contributed by atoms with E-state index in [4.69, 9.17) is 4.74 Å². The molecule has 4 nitrogen and oxygen atoms in total. The summed E-state index contributed by atoms with van der Waals surface area (Å²) in [6.45, 7) is 2.10. The second-order valence-electron chi connectivity index (χ2n) is 4.61. The first kappa shape index (κ1) is 14.8. The van der Waals surface area contributed by atoms with Crippen LogP contribution in [0, 0.1) is 17.5 Å². The Labute approximate surface area is 114 Å². The van der Waals surface area contributed by atoms with Gasteiger partial charge in [-0.3, -0.25) is 4.79 Å². The highest BCUT2D eigenvalue weighted by molar-refractivity contribution is 5.94. The first-order chi connectivity index (χ1) is 9.50. The van der Waals surface area contributed by atoms with Crippen molar-refractivity contribution >= 4 is 5.91 Å². The maximum atomic E-state index is 13.5. The number of carbonyl (C=O) groups is 1. The number of morpholine rings is 1. The summed E-state index contributed by atoms with van der Waals surface area (Å²) in [6.07, 6.45) is -0.203. The molecule has 1 aromatic rings. The Balaban J connectivity index is 2.08. The summed E-state index contributed by atoms with van der Waals surface area (Å²) in [7, 11) is 1.46. The molecule has 0 bridgehead atoms. The first-order valence-electron chi connectivity index (χ1n) is 6.22. The van der Waals surface area contributed by atoms with Crippen LogP contribution in [0.15, 0.2) is 12.1 Å². The smallest absolute Gasteiger partial charge is 0.256 e. The van der Waals surface area contributed by atoms with Crippen LogP contribution in [0.1, 0.15) is 10.4 Å². The maximum absolute atomic E-state index is 13.5. The second-order valence-corrected chi connectivity index (χ2v) is 4.61. The van der Waals surface area contributed by atoms with Gasteiger partial charge in [0.1, 0.15) is 0 Å². The summed E-state index contributed by atoms with van der Waals surface area (Å²) in [4.78, 5) is 13.3. The zero-order valence-electron chi connectivity index (χ0n) is 11.0. The third-order valence-corrected chi connectivity index (χ3v) is 3.09. The van der Waals surface area contributed by atoms with E-state index in [0.717, 1.165) is 18.7 Å². The van der Waals surface area contributed by atoms with E-state index in [-0.39, 0.29) is 12.6 Å². The minimum atomic E-state index is -1.64. The van der Waals surface area contributed by atoms with Gasteiger partial charge in [-0.2, -0.15) is 0 Å². The Morgan fingerprint density at radius 1 is 1.40 bits per heavy atom. The zero-order chi connectivity index (χ0) is 14.7. The summed E-state index contributed by atoms with van der Waals surface area (Å²) in [5.41, 5.74) is -0.491. The molecule has 2 rings (SSSR count). The number of likely N-dealkylation sites (N-methyl/N-ethyl adjacent to an activating group) is 1. The number of hydrogen-bond acceptors (Lipinski definition) is 3. The van der Waals surface area contributed by atoms with Crippen LogP contribution in [0.3, 0.4) is 0 Å². The number of hydrogen-bond donors (Lipinski definition) is 1. The molecule has 0 radical (unpaired) electrons. The van der Waals surface area contributed by atoms with Gasteiger partial charge in [-0.15, -0.1) is 0 Å². The van der Waals surface area contributed by atoms with Gasteiger partial charge in [0.25, 0.3) is 5.91 Å². The van der Waals surface area contributed by atoms with Gasteiger partial charge in [0.15, 0.2) is 17.5 Å². The van der Waals surface area contributed by atoms with Crippen LogP contribution in [0.4, 0.5) is 13.2 Å². The molecule has 0 aliphatic carbocycles. The first-order valence-corrected chi connectivity index (χ1v) is 6.22. The summed E-state index contributed by atoms with van der Waals surface area (Å²) in [6, 6.07) is 1.67. The molecule has 0 aromatic heterocycles. The van der Waals surface area contributed by atoms with Gasteiger partial charge in [-0.05, 0) is 12.1 Å². The van der Waals surface area contributed by atoms with Crippen molar-refractivity contribution in [1.29, 1.82) is 0 Å². The fourth-order valence-corrected chi connectivity index (χ4v) is 2.02. The van der Waals surface area contributed by atoms with Crippen LogP contribution in [0.5, 0.6) is 0 Å². The Kier molecular flexibility index (Phi) is 4.61. The fourth-order valence-electron chi connectivity index (χ4n) is 2.02. The Morgan fingerprint density at radius 3 is 2.80 bits per heavy atom. The number of halogens is 3. The normalized spacial score (nSPS) is 18.9. The average Bonchev–Trinajstić information content (AvgIpc) is 2.45. The molecule has 1 saturated heterocycles. The number of benzene rings is 1. The monoisotopic (exact) mass is 288 g/mol. The third kappa shape index (κ3) is 3.10. The van der Waals surface area contributed by atoms with Crippen LogP contribution in [-0.4, -0.2) is 50.2 Å².